The van der Waals surface area contributed by atoms with Crippen LogP contribution in [0.5, 0.6) is 0 Å². The van der Waals surface area contributed by atoms with E-state index in [2.05, 4.69) is 5.32 Å². The van der Waals surface area contributed by atoms with Crippen LogP contribution in [-0.2, 0) is 11.3 Å². The molecule has 2 rings (SSSR count). The Morgan fingerprint density at radius 3 is 2.61 bits per heavy atom. The molecule has 1 N–H and O–H groups in total. The van der Waals surface area contributed by atoms with Crippen molar-refractivity contribution in [3.05, 3.63) is 35.9 Å². The van der Waals surface area contributed by atoms with Gasteiger partial charge in [-0.2, -0.15) is 0 Å². The molecule has 98 valence electrons. The molecule has 0 atom stereocenters. The zero-order valence-electron chi connectivity index (χ0n) is 10.7. The molecule has 1 fully saturated rings. The van der Waals surface area contributed by atoms with Gasteiger partial charge in [-0.05, 0) is 18.4 Å². The van der Waals surface area contributed by atoms with Gasteiger partial charge in [0.05, 0.1) is 5.75 Å². The summed E-state index contributed by atoms with van der Waals surface area (Å²) in [6.07, 6.45) is 6.62. The average Bonchev–Trinajstić information content (AvgIpc) is 2.45. The van der Waals surface area contributed by atoms with Crippen LogP contribution in [0.1, 0.15) is 37.7 Å². The molecule has 18 heavy (non-hydrogen) atoms. The number of hydrogen-bond donors (Lipinski definition) is 1. The topological polar surface area (TPSA) is 29.1 Å². The highest BCUT2D eigenvalue weighted by molar-refractivity contribution is 8.00. The summed E-state index contributed by atoms with van der Waals surface area (Å²) in [6, 6.07) is 10.1. The summed E-state index contributed by atoms with van der Waals surface area (Å²) in [4.78, 5) is 11.7. The molecular weight excluding hydrogens is 242 g/mol. The first-order valence-corrected chi connectivity index (χ1v) is 7.82. The highest BCUT2D eigenvalue weighted by Crippen LogP contribution is 2.27. The maximum absolute atomic E-state index is 11.7. The molecule has 0 spiro atoms. The molecule has 1 saturated carbocycles. The Morgan fingerprint density at radius 1 is 1.17 bits per heavy atom. The average molecular weight is 263 g/mol. The van der Waals surface area contributed by atoms with Gasteiger partial charge in [-0.25, -0.2) is 0 Å². The summed E-state index contributed by atoms with van der Waals surface area (Å²) in [5.41, 5.74) is 1.16. The van der Waals surface area contributed by atoms with Crippen molar-refractivity contribution in [3.63, 3.8) is 0 Å². The van der Waals surface area contributed by atoms with E-state index >= 15 is 0 Å². The number of thioether (sulfide) groups is 1. The third-order valence-corrected chi connectivity index (χ3v) is 4.71. The summed E-state index contributed by atoms with van der Waals surface area (Å²) in [5, 5.41) is 3.69. The fraction of sp³-hybridized carbons (Fsp3) is 0.533. The fourth-order valence-electron chi connectivity index (χ4n) is 2.27. The Kier molecular flexibility index (Phi) is 5.59. The number of amides is 1. The minimum Gasteiger partial charge on any atom is -0.351 e. The number of benzene rings is 1. The van der Waals surface area contributed by atoms with Crippen molar-refractivity contribution in [3.8, 4) is 0 Å². The smallest absolute Gasteiger partial charge is 0.230 e. The van der Waals surface area contributed by atoms with Crippen LogP contribution in [0.25, 0.3) is 0 Å². The first kappa shape index (κ1) is 13.5. The molecule has 2 nitrogen and oxygen atoms in total. The Hall–Kier alpha value is -0.960. The zero-order chi connectivity index (χ0) is 12.6. The molecule has 0 aromatic heterocycles. The SMILES string of the molecule is O=C(CSC1CCCCC1)NCc1ccccc1. The number of nitrogens with one attached hydrogen (secondary N) is 1. The standard InChI is InChI=1S/C15H21NOS/c17-15(12-18-14-9-5-2-6-10-14)16-11-13-7-3-1-4-8-13/h1,3-4,7-8,14H,2,5-6,9-12H2,(H,16,17). The van der Waals surface area contributed by atoms with Gasteiger partial charge in [-0.3, -0.25) is 4.79 Å². The number of rotatable bonds is 5. The van der Waals surface area contributed by atoms with E-state index in [-0.39, 0.29) is 5.91 Å². The summed E-state index contributed by atoms with van der Waals surface area (Å²) < 4.78 is 0. The van der Waals surface area contributed by atoms with E-state index in [0.717, 1.165) is 5.56 Å². The molecule has 0 aliphatic heterocycles. The van der Waals surface area contributed by atoms with Crippen molar-refractivity contribution in [2.24, 2.45) is 0 Å². The van der Waals surface area contributed by atoms with Crippen LogP contribution in [0, 0.1) is 0 Å². The van der Waals surface area contributed by atoms with E-state index < -0.39 is 0 Å². The van der Waals surface area contributed by atoms with Gasteiger partial charge in [-0.1, -0.05) is 49.6 Å². The van der Waals surface area contributed by atoms with Crippen LogP contribution in [-0.4, -0.2) is 16.9 Å². The maximum atomic E-state index is 11.7. The predicted octanol–water partition coefficient (Wildman–Crippen LogP) is 3.37. The van der Waals surface area contributed by atoms with E-state index in [4.69, 9.17) is 0 Å². The van der Waals surface area contributed by atoms with Crippen molar-refractivity contribution in [2.45, 2.75) is 43.9 Å². The van der Waals surface area contributed by atoms with Crippen LogP contribution in [0.2, 0.25) is 0 Å². The van der Waals surface area contributed by atoms with Crippen LogP contribution < -0.4 is 5.32 Å². The van der Waals surface area contributed by atoms with Crippen molar-refractivity contribution >= 4 is 17.7 Å². The van der Waals surface area contributed by atoms with Gasteiger partial charge in [0, 0.05) is 11.8 Å². The molecule has 0 unspecified atom stereocenters. The molecule has 1 aromatic rings. The monoisotopic (exact) mass is 263 g/mol. The quantitative estimate of drug-likeness (QED) is 0.882. The Bertz CT molecular complexity index is 360. The molecule has 1 aliphatic rings. The van der Waals surface area contributed by atoms with E-state index in [1.807, 2.05) is 42.1 Å². The van der Waals surface area contributed by atoms with Crippen LogP contribution >= 0.6 is 11.8 Å². The Morgan fingerprint density at radius 2 is 1.89 bits per heavy atom. The first-order chi connectivity index (χ1) is 8.84. The fourth-order valence-corrected chi connectivity index (χ4v) is 3.43. The van der Waals surface area contributed by atoms with E-state index in [0.29, 0.717) is 17.5 Å². The van der Waals surface area contributed by atoms with Crippen molar-refractivity contribution in [2.75, 3.05) is 5.75 Å². The summed E-state index contributed by atoms with van der Waals surface area (Å²) in [6.45, 7) is 0.644. The summed E-state index contributed by atoms with van der Waals surface area (Å²) in [7, 11) is 0. The summed E-state index contributed by atoms with van der Waals surface area (Å²) in [5.74, 6) is 0.770. The zero-order valence-corrected chi connectivity index (χ0v) is 11.5. The van der Waals surface area contributed by atoms with E-state index in [1.165, 1.54) is 32.1 Å². The van der Waals surface area contributed by atoms with Gasteiger partial charge in [0.15, 0.2) is 0 Å². The minimum absolute atomic E-state index is 0.162. The maximum Gasteiger partial charge on any atom is 0.230 e. The lowest BCUT2D eigenvalue weighted by molar-refractivity contribution is -0.118. The molecule has 1 aromatic carbocycles. The summed E-state index contributed by atoms with van der Waals surface area (Å²) >= 11 is 1.83. The third kappa shape index (κ3) is 4.73. The highest BCUT2D eigenvalue weighted by atomic mass is 32.2. The van der Waals surface area contributed by atoms with E-state index in [1.54, 1.807) is 0 Å². The van der Waals surface area contributed by atoms with Gasteiger partial charge in [-0.15, -0.1) is 11.8 Å². The molecule has 1 amide bonds. The number of hydrogen-bond acceptors (Lipinski definition) is 2. The van der Waals surface area contributed by atoms with Gasteiger partial charge in [0.1, 0.15) is 0 Å². The number of carbonyl (C=O) groups excluding carboxylic acids is 1. The lowest BCUT2D eigenvalue weighted by atomic mass is 10.0. The van der Waals surface area contributed by atoms with Crippen molar-refractivity contribution < 1.29 is 4.79 Å². The molecule has 1 aliphatic carbocycles. The van der Waals surface area contributed by atoms with Crippen LogP contribution in [0.15, 0.2) is 30.3 Å². The Balaban J connectivity index is 1.63. The second-order valence-corrected chi connectivity index (χ2v) is 6.12. The first-order valence-electron chi connectivity index (χ1n) is 6.77. The highest BCUT2D eigenvalue weighted by Gasteiger charge is 2.14. The molecule has 3 heteroatoms. The third-order valence-electron chi connectivity index (χ3n) is 3.33. The second kappa shape index (κ2) is 7.47. The van der Waals surface area contributed by atoms with Gasteiger partial charge in [0.2, 0.25) is 5.91 Å². The van der Waals surface area contributed by atoms with E-state index in [9.17, 15) is 4.79 Å². The lowest BCUT2D eigenvalue weighted by Gasteiger charge is -2.20. The largest absolute Gasteiger partial charge is 0.351 e. The second-order valence-electron chi connectivity index (χ2n) is 4.83. The van der Waals surface area contributed by atoms with Crippen LogP contribution in [0.4, 0.5) is 0 Å². The molecule has 0 heterocycles. The minimum atomic E-state index is 0.162. The van der Waals surface area contributed by atoms with Crippen LogP contribution in [0.3, 0.4) is 0 Å². The van der Waals surface area contributed by atoms with Gasteiger partial charge >= 0.3 is 0 Å². The molecule has 0 radical (unpaired) electrons. The Labute approximate surface area is 114 Å². The molecule has 0 bridgehead atoms. The number of carbonyl (C=O) groups is 1. The lowest BCUT2D eigenvalue weighted by Crippen LogP contribution is -2.25. The normalized spacial score (nSPS) is 16.4. The van der Waals surface area contributed by atoms with Gasteiger partial charge < -0.3 is 5.32 Å². The molecule has 0 saturated heterocycles. The van der Waals surface area contributed by atoms with Gasteiger partial charge in [0.25, 0.3) is 0 Å². The van der Waals surface area contributed by atoms with Crippen molar-refractivity contribution in [1.82, 2.24) is 5.32 Å². The predicted molar refractivity (Wildman–Crippen MR) is 77.6 cm³/mol. The van der Waals surface area contributed by atoms with Crippen molar-refractivity contribution in [1.29, 1.82) is 0 Å². The molecular formula is C15H21NOS.